The maximum atomic E-state index is 10.8. The van der Waals surface area contributed by atoms with Crippen LogP contribution >= 0.6 is 0 Å². The van der Waals surface area contributed by atoms with Gasteiger partial charge in [-0.3, -0.25) is 15.1 Å². The van der Waals surface area contributed by atoms with E-state index in [2.05, 4.69) is 10.3 Å². The number of nitro groups is 1. The van der Waals surface area contributed by atoms with Gasteiger partial charge in [0.15, 0.2) is 0 Å². The van der Waals surface area contributed by atoms with Crippen LogP contribution in [0.15, 0.2) is 41.3 Å². The second kappa shape index (κ2) is 5.31. The largest absolute Gasteiger partial charge is 0.469 e. The molecule has 1 atom stereocenters. The van der Waals surface area contributed by atoms with Crippen molar-refractivity contribution in [3.63, 3.8) is 0 Å². The molecule has 2 heterocycles. The van der Waals surface area contributed by atoms with Crippen LogP contribution in [-0.4, -0.2) is 15.9 Å². The SMILES string of the molecule is CC(Cc1ccco1)Nc1ccncc1[N+](=O)[O-]. The van der Waals surface area contributed by atoms with E-state index in [0.717, 1.165) is 5.76 Å². The summed E-state index contributed by atoms with van der Waals surface area (Å²) in [7, 11) is 0. The van der Waals surface area contributed by atoms with Crippen LogP contribution in [0, 0.1) is 10.1 Å². The summed E-state index contributed by atoms with van der Waals surface area (Å²) in [6, 6.07) is 5.31. The molecule has 0 aromatic carbocycles. The summed E-state index contributed by atoms with van der Waals surface area (Å²) in [5.74, 6) is 0.840. The van der Waals surface area contributed by atoms with Crippen molar-refractivity contribution in [3.05, 3.63) is 52.7 Å². The molecule has 94 valence electrons. The van der Waals surface area contributed by atoms with Gasteiger partial charge in [-0.1, -0.05) is 0 Å². The van der Waals surface area contributed by atoms with E-state index in [1.807, 2.05) is 19.1 Å². The minimum atomic E-state index is -0.449. The molecule has 2 aromatic heterocycles. The number of pyridine rings is 1. The number of hydrogen-bond donors (Lipinski definition) is 1. The van der Waals surface area contributed by atoms with Crippen LogP contribution in [0.5, 0.6) is 0 Å². The van der Waals surface area contributed by atoms with Crippen LogP contribution in [-0.2, 0) is 6.42 Å². The van der Waals surface area contributed by atoms with Gasteiger partial charge in [-0.25, -0.2) is 0 Å². The van der Waals surface area contributed by atoms with Gasteiger partial charge >= 0.3 is 5.69 Å². The molecule has 0 bridgehead atoms. The van der Waals surface area contributed by atoms with Gasteiger partial charge in [-0.15, -0.1) is 0 Å². The Hall–Kier alpha value is -2.37. The topological polar surface area (TPSA) is 81.2 Å². The van der Waals surface area contributed by atoms with Crippen LogP contribution in [0.1, 0.15) is 12.7 Å². The minimum absolute atomic E-state index is 0.0243. The van der Waals surface area contributed by atoms with Gasteiger partial charge in [0.1, 0.15) is 17.6 Å². The molecule has 0 saturated heterocycles. The molecule has 0 aliphatic heterocycles. The van der Waals surface area contributed by atoms with Crippen molar-refractivity contribution in [2.45, 2.75) is 19.4 Å². The average molecular weight is 247 g/mol. The number of aromatic nitrogens is 1. The molecule has 18 heavy (non-hydrogen) atoms. The van der Waals surface area contributed by atoms with Crippen LogP contribution in [0.25, 0.3) is 0 Å². The molecule has 0 fully saturated rings. The lowest BCUT2D eigenvalue weighted by atomic mass is 10.2. The summed E-state index contributed by atoms with van der Waals surface area (Å²) in [5, 5.41) is 13.9. The van der Waals surface area contributed by atoms with E-state index in [0.29, 0.717) is 12.1 Å². The fraction of sp³-hybridized carbons (Fsp3) is 0.250. The van der Waals surface area contributed by atoms with Gasteiger partial charge in [0.05, 0.1) is 11.2 Å². The smallest absolute Gasteiger partial charge is 0.310 e. The van der Waals surface area contributed by atoms with Gasteiger partial charge in [0.25, 0.3) is 0 Å². The summed E-state index contributed by atoms with van der Waals surface area (Å²) in [6.45, 7) is 1.94. The molecule has 1 unspecified atom stereocenters. The number of hydrogen-bond acceptors (Lipinski definition) is 5. The summed E-state index contributed by atoms with van der Waals surface area (Å²) >= 11 is 0. The Labute approximate surface area is 104 Å². The lowest BCUT2D eigenvalue weighted by molar-refractivity contribution is -0.384. The Morgan fingerprint density at radius 2 is 2.39 bits per heavy atom. The zero-order valence-electron chi connectivity index (χ0n) is 9.87. The van der Waals surface area contributed by atoms with E-state index in [1.165, 1.54) is 12.4 Å². The van der Waals surface area contributed by atoms with Crippen molar-refractivity contribution in [1.82, 2.24) is 4.98 Å². The third-order valence-corrected chi connectivity index (χ3v) is 2.49. The fourth-order valence-corrected chi connectivity index (χ4v) is 1.70. The average Bonchev–Trinajstić information content (AvgIpc) is 2.82. The molecule has 1 N–H and O–H groups in total. The van der Waals surface area contributed by atoms with E-state index in [-0.39, 0.29) is 11.7 Å². The van der Waals surface area contributed by atoms with Crippen molar-refractivity contribution in [2.75, 3.05) is 5.32 Å². The Morgan fingerprint density at radius 3 is 3.06 bits per heavy atom. The maximum Gasteiger partial charge on any atom is 0.310 e. The molecule has 0 aliphatic rings. The molecule has 2 aromatic rings. The Balaban J connectivity index is 2.07. The normalized spacial score (nSPS) is 12.1. The first-order valence-corrected chi connectivity index (χ1v) is 5.54. The predicted molar refractivity (Wildman–Crippen MR) is 66.4 cm³/mol. The third kappa shape index (κ3) is 2.85. The highest BCUT2D eigenvalue weighted by Gasteiger charge is 2.15. The second-order valence-corrected chi connectivity index (χ2v) is 3.98. The lowest BCUT2D eigenvalue weighted by Crippen LogP contribution is -2.18. The van der Waals surface area contributed by atoms with Crippen molar-refractivity contribution in [1.29, 1.82) is 0 Å². The van der Waals surface area contributed by atoms with Crippen LogP contribution in [0.4, 0.5) is 11.4 Å². The monoisotopic (exact) mass is 247 g/mol. The van der Waals surface area contributed by atoms with Gasteiger partial charge in [-0.2, -0.15) is 0 Å². The third-order valence-electron chi connectivity index (χ3n) is 2.49. The van der Waals surface area contributed by atoms with Crippen LogP contribution in [0.2, 0.25) is 0 Å². The van der Waals surface area contributed by atoms with Gasteiger partial charge in [0.2, 0.25) is 0 Å². The first-order chi connectivity index (χ1) is 8.66. The molecule has 6 heteroatoms. The Kier molecular flexibility index (Phi) is 3.57. The van der Waals surface area contributed by atoms with E-state index in [9.17, 15) is 10.1 Å². The Bertz CT molecular complexity index is 525. The highest BCUT2D eigenvalue weighted by atomic mass is 16.6. The van der Waals surface area contributed by atoms with Crippen LogP contribution < -0.4 is 5.32 Å². The molecular formula is C12H13N3O3. The van der Waals surface area contributed by atoms with E-state index in [4.69, 9.17) is 4.42 Å². The van der Waals surface area contributed by atoms with E-state index in [1.54, 1.807) is 12.3 Å². The highest BCUT2D eigenvalue weighted by Crippen LogP contribution is 2.23. The van der Waals surface area contributed by atoms with E-state index < -0.39 is 4.92 Å². The first kappa shape index (κ1) is 12.1. The minimum Gasteiger partial charge on any atom is -0.469 e. The number of furan rings is 1. The van der Waals surface area contributed by atoms with Crippen molar-refractivity contribution in [3.8, 4) is 0 Å². The number of nitrogens with one attached hydrogen (secondary N) is 1. The fourth-order valence-electron chi connectivity index (χ4n) is 1.70. The van der Waals surface area contributed by atoms with Crippen molar-refractivity contribution >= 4 is 11.4 Å². The van der Waals surface area contributed by atoms with Gasteiger partial charge in [0, 0.05) is 18.7 Å². The van der Waals surface area contributed by atoms with E-state index >= 15 is 0 Å². The first-order valence-electron chi connectivity index (χ1n) is 5.54. The summed E-state index contributed by atoms with van der Waals surface area (Å²) < 4.78 is 5.23. The zero-order chi connectivity index (χ0) is 13.0. The molecular weight excluding hydrogens is 234 g/mol. The van der Waals surface area contributed by atoms with Gasteiger partial charge in [-0.05, 0) is 25.1 Å². The highest BCUT2D eigenvalue weighted by molar-refractivity contribution is 5.60. The van der Waals surface area contributed by atoms with Crippen molar-refractivity contribution < 1.29 is 9.34 Å². The summed E-state index contributed by atoms with van der Waals surface area (Å²) in [4.78, 5) is 14.1. The van der Waals surface area contributed by atoms with Crippen LogP contribution in [0.3, 0.4) is 0 Å². The molecule has 0 aliphatic carbocycles. The van der Waals surface area contributed by atoms with Gasteiger partial charge < -0.3 is 9.73 Å². The summed E-state index contributed by atoms with van der Waals surface area (Å²) in [6.07, 6.45) is 5.03. The molecule has 2 rings (SSSR count). The molecule has 0 amide bonds. The quantitative estimate of drug-likeness (QED) is 0.648. The number of nitrogens with zero attached hydrogens (tertiary/aromatic N) is 2. The lowest BCUT2D eigenvalue weighted by Gasteiger charge is -2.13. The zero-order valence-corrected chi connectivity index (χ0v) is 9.87. The number of rotatable bonds is 5. The van der Waals surface area contributed by atoms with Crippen molar-refractivity contribution in [2.24, 2.45) is 0 Å². The molecule has 6 nitrogen and oxygen atoms in total. The summed E-state index contributed by atoms with van der Waals surface area (Å²) in [5.41, 5.74) is 0.442. The second-order valence-electron chi connectivity index (χ2n) is 3.98. The molecule has 0 spiro atoms. The maximum absolute atomic E-state index is 10.8. The Morgan fingerprint density at radius 1 is 1.56 bits per heavy atom. The number of anilines is 1. The standard InChI is InChI=1S/C12H13N3O3/c1-9(7-10-3-2-6-18-10)14-11-4-5-13-8-12(11)15(16)17/h2-6,8-9H,7H2,1H3,(H,13,14). The molecule has 0 radical (unpaired) electrons. The predicted octanol–water partition coefficient (Wildman–Crippen LogP) is 2.63. The molecule has 0 saturated carbocycles.